The fourth-order valence-corrected chi connectivity index (χ4v) is 1.79. The van der Waals surface area contributed by atoms with Gasteiger partial charge in [-0.3, -0.25) is 0 Å². The van der Waals surface area contributed by atoms with Gasteiger partial charge in [0.1, 0.15) is 22.4 Å². The van der Waals surface area contributed by atoms with Crippen molar-refractivity contribution in [1.82, 2.24) is 9.97 Å². The van der Waals surface area contributed by atoms with Crippen molar-refractivity contribution in [3.8, 4) is 0 Å². The van der Waals surface area contributed by atoms with Crippen LogP contribution < -0.4 is 10.6 Å². The average molecular weight is 317 g/mol. The predicted molar refractivity (Wildman–Crippen MR) is 77.9 cm³/mol. The maximum Gasteiger partial charge on any atom is 0.146 e. The van der Waals surface area contributed by atoms with E-state index < -0.39 is 0 Å². The molecule has 1 atom stereocenters. The van der Waals surface area contributed by atoms with Crippen molar-refractivity contribution in [1.29, 1.82) is 0 Å². The second kappa shape index (κ2) is 6.89. The largest absolute Gasteiger partial charge is 0.394 e. The third-order valence-electron chi connectivity index (χ3n) is 2.88. The zero-order chi connectivity index (χ0) is 13.6. The van der Waals surface area contributed by atoms with Gasteiger partial charge in [0.05, 0.1) is 12.1 Å². The van der Waals surface area contributed by atoms with E-state index in [0.717, 1.165) is 29.7 Å². The van der Waals surface area contributed by atoms with Crippen molar-refractivity contribution in [2.45, 2.75) is 39.2 Å². The summed E-state index contributed by atoms with van der Waals surface area (Å²) in [5.41, 5.74) is -0.376. The molecule has 0 aliphatic carbocycles. The van der Waals surface area contributed by atoms with Crippen LogP contribution in [0.2, 0.25) is 0 Å². The van der Waals surface area contributed by atoms with E-state index >= 15 is 0 Å². The van der Waals surface area contributed by atoms with Crippen LogP contribution in [0.1, 0.15) is 33.6 Å². The summed E-state index contributed by atoms with van der Waals surface area (Å²) in [4.78, 5) is 8.39. The van der Waals surface area contributed by atoms with Gasteiger partial charge < -0.3 is 15.7 Å². The van der Waals surface area contributed by atoms with E-state index in [0.29, 0.717) is 5.82 Å². The Morgan fingerprint density at radius 1 is 1.33 bits per heavy atom. The number of hydrogen-bond donors (Lipinski definition) is 3. The molecule has 0 aromatic carbocycles. The third-order valence-corrected chi connectivity index (χ3v) is 3.63. The van der Waals surface area contributed by atoms with Crippen LogP contribution in [0.3, 0.4) is 0 Å². The summed E-state index contributed by atoms with van der Waals surface area (Å²) in [5.74, 6) is 1.47. The monoisotopic (exact) mass is 316 g/mol. The summed E-state index contributed by atoms with van der Waals surface area (Å²) in [5, 5.41) is 15.9. The lowest BCUT2D eigenvalue weighted by atomic mass is 10.0. The first-order valence-electron chi connectivity index (χ1n) is 6.19. The van der Waals surface area contributed by atoms with Crippen LogP contribution in [0.4, 0.5) is 11.6 Å². The van der Waals surface area contributed by atoms with Crippen LogP contribution in [-0.4, -0.2) is 33.8 Å². The molecule has 1 aromatic heterocycles. The molecule has 1 unspecified atom stereocenters. The smallest absolute Gasteiger partial charge is 0.146 e. The summed E-state index contributed by atoms with van der Waals surface area (Å²) in [7, 11) is 0. The Labute approximate surface area is 117 Å². The molecule has 0 aliphatic rings. The maximum absolute atomic E-state index is 9.41. The average Bonchev–Trinajstić information content (AvgIpc) is 2.39. The zero-order valence-corrected chi connectivity index (χ0v) is 12.7. The van der Waals surface area contributed by atoms with Crippen molar-refractivity contribution >= 4 is 27.6 Å². The molecule has 0 amide bonds. The highest BCUT2D eigenvalue weighted by molar-refractivity contribution is 9.10. The number of aromatic nitrogens is 2. The number of nitrogens with zero attached hydrogens (tertiary/aromatic N) is 2. The minimum Gasteiger partial charge on any atom is -0.394 e. The van der Waals surface area contributed by atoms with Gasteiger partial charge in [-0.2, -0.15) is 0 Å². The Morgan fingerprint density at radius 3 is 2.56 bits per heavy atom. The van der Waals surface area contributed by atoms with Crippen molar-refractivity contribution in [2.75, 3.05) is 23.8 Å². The molecule has 1 heterocycles. The van der Waals surface area contributed by atoms with Crippen LogP contribution in [0, 0.1) is 0 Å². The highest BCUT2D eigenvalue weighted by Crippen LogP contribution is 2.29. The minimum absolute atomic E-state index is 0.0532. The van der Waals surface area contributed by atoms with Gasteiger partial charge in [0.2, 0.25) is 0 Å². The van der Waals surface area contributed by atoms with E-state index in [1.54, 1.807) is 0 Å². The normalized spacial score (nSPS) is 14.1. The molecule has 3 N–H and O–H groups in total. The molecule has 0 radical (unpaired) electrons. The lowest BCUT2D eigenvalue weighted by molar-refractivity contribution is 0.218. The minimum atomic E-state index is -0.376. The molecule has 5 nitrogen and oxygen atoms in total. The van der Waals surface area contributed by atoms with Crippen molar-refractivity contribution in [3.05, 3.63) is 10.8 Å². The topological polar surface area (TPSA) is 70.1 Å². The van der Waals surface area contributed by atoms with Gasteiger partial charge in [-0.1, -0.05) is 13.8 Å². The molecule has 102 valence electrons. The SMILES string of the molecule is CCCNc1ncnc(NC(C)(CC)CO)c1Br. The first-order valence-corrected chi connectivity index (χ1v) is 6.99. The standard InChI is InChI=1S/C12H21BrN4O/c1-4-6-14-10-9(13)11(16-8-15-10)17-12(3,5-2)7-18/h8,18H,4-7H2,1-3H3,(H2,14,15,16,17). The number of halogens is 1. The van der Waals surface area contributed by atoms with Crippen LogP contribution in [0.15, 0.2) is 10.8 Å². The second-order valence-corrected chi connectivity index (χ2v) is 5.30. The molecule has 0 aliphatic heterocycles. The van der Waals surface area contributed by atoms with E-state index in [9.17, 15) is 5.11 Å². The van der Waals surface area contributed by atoms with Crippen LogP contribution >= 0.6 is 15.9 Å². The molecule has 6 heteroatoms. The molecule has 1 aromatic rings. The van der Waals surface area contributed by atoms with Gasteiger partial charge in [0.25, 0.3) is 0 Å². The van der Waals surface area contributed by atoms with Crippen LogP contribution in [0.25, 0.3) is 0 Å². The number of nitrogens with one attached hydrogen (secondary N) is 2. The third kappa shape index (κ3) is 3.81. The molecule has 0 fully saturated rings. The van der Waals surface area contributed by atoms with Gasteiger partial charge in [-0.05, 0) is 35.7 Å². The zero-order valence-electron chi connectivity index (χ0n) is 11.1. The van der Waals surface area contributed by atoms with Crippen molar-refractivity contribution in [2.24, 2.45) is 0 Å². The van der Waals surface area contributed by atoms with E-state index in [1.165, 1.54) is 6.33 Å². The Balaban J connectivity index is 2.89. The Bertz CT molecular complexity index is 382. The van der Waals surface area contributed by atoms with Crippen LogP contribution in [0.5, 0.6) is 0 Å². The lowest BCUT2D eigenvalue weighted by Gasteiger charge is -2.28. The van der Waals surface area contributed by atoms with E-state index in [2.05, 4.69) is 43.5 Å². The van der Waals surface area contributed by atoms with Gasteiger partial charge in [-0.25, -0.2) is 9.97 Å². The summed E-state index contributed by atoms with van der Waals surface area (Å²) < 4.78 is 0.798. The Kier molecular flexibility index (Phi) is 5.81. The van der Waals surface area contributed by atoms with Gasteiger partial charge in [-0.15, -0.1) is 0 Å². The number of aliphatic hydroxyl groups is 1. The van der Waals surface area contributed by atoms with Gasteiger partial charge in [0, 0.05) is 6.54 Å². The van der Waals surface area contributed by atoms with Gasteiger partial charge in [0.15, 0.2) is 0 Å². The fourth-order valence-electron chi connectivity index (χ4n) is 1.35. The number of rotatable bonds is 7. The van der Waals surface area contributed by atoms with Gasteiger partial charge >= 0.3 is 0 Å². The quantitative estimate of drug-likeness (QED) is 0.721. The molecule has 18 heavy (non-hydrogen) atoms. The number of anilines is 2. The fraction of sp³-hybridized carbons (Fsp3) is 0.667. The Morgan fingerprint density at radius 2 is 2.00 bits per heavy atom. The molecular formula is C12H21BrN4O. The Hall–Kier alpha value is -0.880. The second-order valence-electron chi connectivity index (χ2n) is 4.51. The predicted octanol–water partition coefficient (Wildman–Crippen LogP) is 2.63. The molecule has 0 saturated carbocycles. The maximum atomic E-state index is 9.41. The van der Waals surface area contributed by atoms with Crippen molar-refractivity contribution < 1.29 is 5.11 Å². The summed E-state index contributed by atoms with van der Waals surface area (Å²) in [6, 6.07) is 0. The summed E-state index contributed by atoms with van der Waals surface area (Å²) in [6.07, 6.45) is 3.35. The molecular weight excluding hydrogens is 296 g/mol. The molecule has 0 spiro atoms. The number of aliphatic hydroxyl groups excluding tert-OH is 1. The van der Waals surface area contributed by atoms with Crippen LogP contribution in [-0.2, 0) is 0 Å². The van der Waals surface area contributed by atoms with E-state index in [4.69, 9.17) is 0 Å². The highest BCUT2D eigenvalue weighted by Gasteiger charge is 2.22. The van der Waals surface area contributed by atoms with E-state index in [1.807, 2.05) is 13.8 Å². The summed E-state index contributed by atoms with van der Waals surface area (Å²) >= 11 is 3.49. The lowest BCUT2D eigenvalue weighted by Crippen LogP contribution is -2.38. The first kappa shape index (κ1) is 15.2. The van der Waals surface area contributed by atoms with E-state index in [-0.39, 0.29) is 12.1 Å². The summed E-state index contributed by atoms with van der Waals surface area (Å²) in [6.45, 7) is 6.99. The molecule has 0 bridgehead atoms. The first-order chi connectivity index (χ1) is 8.56. The molecule has 0 saturated heterocycles. The number of hydrogen-bond acceptors (Lipinski definition) is 5. The highest BCUT2D eigenvalue weighted by atomic mass is 79.9. The van der Waals surface area contributed by atoms with Crippen molar-refractivity contribution in [3.63, 3.8) is 0 Å². The molecule has 1 rings (SSSR count).